The molecule has 2 aromatic carbocycles. The molecule has 0 aliphatic carbocycles. The Hall–Kier alpha value is -3.33. The van der Waals surface area contributed by atoms with E-state index in [0.717, 1.165) is 17.5 Å². The molecule has 0 amide bonds. The van der Waals surface area contributed by atoms with Crippen molar-refractivity contribution in [3.63, 3.8) is 0 Å². The highest BCUT2D eigenvalue weighted by Crippen LogP contribution is 2.25. The van der Waals surface area contributed by atoms with Crippen LogP contribution in [0.15, 0.2) is 63.3 Å². The van der Waals surface area contributed by atoms with Crippen LogP contribution in [0.1, 0.15) is 26.7 Å². The largest absolute Gasteiger partial charge is 0.461 e. The fraction of sp³-hybridized carbons (Fsp3) is 0.333. The summed E-state index contributed by atoms with van der Waals surface area (Å²) in [7, 11) is 0. The van der Waals surface area contributed by atoms with Crippen molar-refractivity contribution in [3.05, 3.63) is 69.4 Å². The summed E-state index contributed by atoms with van der Waals surface area (Å²) >= 11 is 1.49. The number of carbonyl (C=O) groups excluding carboxylic acids is 1. The van der Waals surface area contributed by atoms with E-state index in [-0.39, 0.29) is 24.2 Å². The van der Waals surface area contributed by atoms with Gasteiger partial charge < -0.3 is 14.3 Å². The van der Waals surface area contributed by atoms with Crippen molar-refractivity contribution >= 4 is 39.7 Å². The first-order valence-corrected chi connectivity index (χ1v) is 12.0. The van der Waals surface area contributed by atoms with E-state index in [4.69, 9.17) is 4.74 Å². The fourth-order valence-corrected chi connectivity index (χ4v) is 4.52. The van der Waals surface area contributed by atoms with E-state index in [9.17, 15) is 14.4 Å². The summed E-state index contributed by atoms with van der Waals surface area (Å²) in [6, 6.07) is 14.6. The highest BCUT2D eigenvalue weighted by atomic mass is 32.2. The molecular formula is C24H26N4O4S. The zero-order valence-electron chi connectivity index (χ0n) is 18.6. The van der Waals surface area contributed by atoms with Crippen molar-refractivity contribution in [2.75, 3.05) is 5.75 Å². The summed E-state index contributed by atoms with van der Waals surface area (Å²) in [5.74, 6) is 0.325. The highest BCUT2D eigenvalue weighted by molar-refractivity contribution is 7.99. The minimum absolute atomic E-state index is 0.0803. The SMILES string of the molecule is CCC(C)OC(=O)Cn1c(SCCCn2c(=O)[nH]c3ccccc3c2=O)nc2ccccc21. The van der Waals surface area contributed by atoms with Crippen LogP contribution in [0.3, 0.4) is 0 Å². The maximum absolute atomic E-state index is 12.7. The van der Waals surface area contributed by atoms with Gasteiger partial charge in [-0.15, -0.1) is 0 Å². The highest BCUT2D eigenvalue weighted by Gasteiger charge is 2.16. The number of hydrogen-bond acceptors (Lipinski definition) is 6. The second-order valence-electron chi connectivity index (χ2n) is 7.81. The number of ether oxygens (including phenoxy) is 1. The predicted octanol–water partition coefficient (Wildman–Crippen LogP) is 3.56. The van der Waals surface area contributed by atoms with Crippen molar-refractivity contribution in [3.8, 4) is 0 Å². The molecule has 33 heavy (non-hydrogen) atoms. The molecule has 1 unspecified atom stereocenters. The number of thioether (sulfide) groups is 1. The minimum Gasteiger partial charge on any atom is -0.461 e. The molecule has 0 radical (unpaired) electrons. The molecule has 4 aromatic rings. The van der Waals surface area contributed by atoms with Gasteiger partial charge in [-0.1, -0.05) is 43.0 Å². The van der Waals surface area contributed by atoms with Crippen LogP contribution in [0.2, 0.25) is 0 Å². The monoisotopic (exact) mass is 466 g/mol. The maximum Gasteiger partial charge on any atom is 0.328 e. The Morgan fingerprint density at radius 2 is 1.88 bits per heavy atom. The quantitative estimate of drug-likeness (QED) is 0.230. The molecule has 172 valence electrons. The zero-order chi connectivity index (χ0) is 23.4. The van der Waals surface area contributed by atoms with Gasteiger partial charge in [0.1, 0.15) is 6.54 Å². The standard InChI is InChI=1S/C24H26N4O4S/c1-3-16(2)32-21(29)15-28-20-12-7-6-11-19(20)26-24(28)33-14-8-13-27-22(30)17-9-4-5-10-18(17)25-23(27)31/h4-7,9-12,16H,3,8,13-15H2,1-2H3,(H,25,31). The molecule has 0 spiro atoms. The Bertz CT molecular complexity index is 1410. The number of para-hydroxylation sites is 3. The number of esters is 1. The minimum atomic E-state index is -0.413. The van der Waals surface area contributed by atoms with Crippen molar-refractivity contribution in [1.29, 1.82) is 0 Å². The van der Waals surface area contributed by atoms with Crippen LogP contribution in [0.5, 0.6) is 0 Å². The molecule has 1 N–H and O–H groups in total. The summed E-state index contributed by atoms with van der Waals surface area (Å²) in [6.45, 7) is 4.22. The number of carbonyl (C=O) groups is 1. The Morgan fingerprint density at radius 1 is 1.12 bits per heavy atom. The molecule has 2 heterocycles. The van der Waals surface area contributed by atoms with Gasteiger partial charge in [0, 0.05) is 12.3 Å². The molecule has 0 bridgehead atoms. The maximum atomic E-state index is 12.7. The van der Waals surface area contributed by atoms with E-state index in [0.29, 0.717) is 34.8 Å². The van der Waals surface area contributed by atoms with Crippen LogP contribution in [-0.4, -0.2) is 36.9 Å². The van der Waals surface area contributed by atoms with Gasteiger partial charge in [-0.3, -0.25) is 14.2 Å². The van der Waals surface area contributed by atoms with Crippen LogP contribution < -0.4 is 11.2 Å². The Balaban J connectivity index is 1.48. The van der Waals surface area contributed by atoms with Gasteiger partial charge in [0.05, 0.1) is 28.0 Å². The Kier molecular flexibility index (Phi) is 6.98. The van der Waals surface area contributed by atoms with Gasteiger partial charge in [-0.05, 0) is 44.0 Å². The van der Waals surface area contributed by atoms with Gasteiger partial charge in [0.25, 0.3) is 5.56 Å². The summed E-state index contributed by atoms with van der Waals surface area (Å²) in [4.78, 5) is 44.9. The Morgan fingerprint density at radius 3 is 2.70 bits per heavy atom. The lowest BCUT2D eigenvalue weighted by atomic mass is 10.2. The molecule has 0 fully saturated rings. The smallest absolute Gasteiger partial charge is 0.328 e. The Labute approximate surface area is 194 Å². The second kappa shape index (κ2) is 10.1. The molecule has 0 saturated heterocycles. The predicted molar refractivity (Wildman–Crippen MR) is 130 cm³/mol. The molecular weight excluding hydrogens is 440 g/mol. The van der Waals surface area contributed by atoms with Gasteiger partial charge >= 0.3 is 11.7 Å². The van der Waals surface area contributed by atoms with E-state index < -0.39 is 5.69 Å². The van der Waals surface area contributed by atoms with Crippen LogP contribution in [0, 0.1) is 0 Å². The molecule has 2 aromatic heterocycles. The van der Waals surface area contributed by atoms with Gasteiger partial charge in [-0.2, -0.15) is 0 Å². The van der Waals surface area contributed by atoms with Crippen molar-refractivity contribution in [2.45, 2.75) is 51.0 Å². The van der Waals surface area contributed by atoms with E-state index in [1.54, 1.807) is 24.3 Å². The number of hydrogen-bond donors (Lipinski definition) is 1. The summed E-state index contributed by atoms with van der Waals surface area (Å²) in [5, 5.41) is 1.20. The third-order valence-corrected chi connectivity index (χ3v) is 6.52. The molecule has 0 aliphatic rings. The summed E-state index contributed by atoms with van der Waals surface area (Å²) < 4.78 is 8.54. The van der Waals surface area contributed by atoms with Crippen LogP contribution in [0.25, 0.3) is 21.9 Å². The molecule has 8 nitrogen and oxygen atoms in total. The number of rotatable bonds is 9. The fourth-order valence-electron chi connectivity index (χ4n) is 3.58. The van der Waals surface area contributed by atoms with E-state index >= 15 is 0 Å². The number of benzene rings is 2. The molecule has 4 rings (SSSR count). The van der Waals surface area contributed by atoms with Crippen molar-refractivity contribution in [1.82, 2.24) is 19.1 Å². The third-order valence-electron chi connectivity index (χ3n) is 5.46. The molecule has 9 heteroatoms. The lowest BCUT2D eigenvalue weighted by Crippen LogP contribution is -2.35. The first kappa shape index (κ1) is 22.8. The average molecular weight is 467 g/mol. The number of fused-ring (bicyclic) bond motifs is 2. The molecule has 1 atom stereocenters. The lowest BCUT2D eigenvalue weighted by molar-refractivity contribution is -0.149. The van der Waals surface area contributed by atoms with Gasteiger partial charge in [0.2, 0.25) is 0 Å². The number of nitrogens with zero attached hydrogens (tertiary/aromatic N) is 3. The van der Waals surface area contributed by atoms with Gasteiger partial charge in [0.15, 0.2) is 5.16 Å². The van der Waals surface area contributed by atoms with Crippen molar-refractivity contribution in [2.24, 2.45) is 0 Å². The third kappa shape index (κ3) is 5.03. The van der Waals surface area contributed by atoms with Crippen molar-refractivity contribution < 1.29 is 9.53 Å². The van der Waals surface area contributed by atoms with Gasteiger partial charge in [-0.25, -0.2) is 9.78 Å². The van der Waals surface area contributed by atoms with E-state index in [1.165, 1.54) is 16.3 Å². The van der Waals surface area contributed by atoms with Crippen LogP contribution in [0.4, 0.5) is 0 Å². The normalized spacial score (nSPS) is 12.3. The number of aromatic nitrogens is 4. The number of imidazole rings is 1. The lowest BCUT2D eigenvalue weighted by Gasteiger charge is -2.13. The number of nitrogens with one attached hydrogen (secondary N) is 1. The van der Waals surface area contributed by atoms with E-state index in [1.807, 2.05) is 42.7 Å². The first-order chi connectivity index (χ1) is 16.0. The first-order valence-electron chi connectivity index (χ1n) is 11.0. The van der Waals surface area contributed by atoms with Crippen LogP contribution >= 0.6 is 11.8 Å². The number of H-pyrrole nitrogens is 1. The summed E-state index contributed by atoms with van der Waals surface area (Å²) in [5.41, 5.74) is 1.50. The second-order valence-corrected chi connectivity index (χ2v) is 8.87. The number of aromatic amines is 1. The summed E-state index contributed by atoms with van der Waals surface area (Å²) in [6.07, 6.45) is 1.21. The molecule has 0 saturated carbocycles. The topological polar surface area (TPSA) is 99.0 Å². The van der Waals surface area contributed by atoms with E-state index in [2.05, 4.69) is 9.97 Å². The van der Waals surface area contributed by atoms with Crippen LogP contribution in [-0.2, 0) is 22.6 Å². The molecule has 0 aliphatic heterocycles. The zero-order valence-corrected chi connectivity index (χ0v) is 19.4. The average Bonchev–Trinajstić information content (AvgIpc) is 3.15.